The Kier molecular flexibility index (Phi) is 5.39. The Bertz CT molecular complexity index is 283. The van der Waals surface area contributed by atoms with E-state index in [-0.39, 0.29) is 6.61 Å². The highest BCUT2D eigenvalue weighted by atomic mass is 16.5. The fourth-order valence-corrected chi connectivity index (χ4v) is 1.04. The summed E-state index contributed by atoms with van der Waals surface area (Å²) in [6.07, 6.45) is 0.308. The van der Waals surface area contributed by atoms with E-state index in [4.69, 9.17) is 10.00 Å². The molecule has 0 bridgehead atoms. The second-order valence-electron chi connectivity index (χ2n) is 3.19. The SMILES string of the molecule is CCNC(=O)C(C#N)(CC)COC(C)=O. The summed E-state index contributed by atoms with van der Waals surface area (Å²) in [5.41, 5.74) is -1.26. The standard InChI is InChI=1S/C10H16N2O3/c1-4-10(6-11,7-15-8(3)13)9(14)12-5-2/h4-5,7H2,1-3H3,(H,12,14). The maximum absolute atomic E-state index is 11.6. The van der Waals surface area contributed by atoms with Gasteiger partial charge in [-0.05, 0) is 13.3 Å². The Labute approximate surface area is 89.4 Å². The van der Waals surface area contributed by atoms with Crippen LogP contribution in [0.5, 0.6) is 0 Å². The lowest BCUT2D eigenvalue weighted by Gasteiger charge is -2.22. The van der Waals surface area contributed by atoms with Gasteiger partial charge in [0.2, 0.25) is 5.91 Å². The molecule has 84 valence electrons. The molecule has 1 unspecified atom stereocenters. The molecule has 0 aliphatic carbocycles. The van der Waals surface area contributed by atoms with Crippen molar-refractivity contribution >= 4 is 11.9 Å². The molecule has 0 aliphatic heterocycles. The van der Waals surface area contributed by atoms with Gasteiger partial charge in [-0.15, -0.1) is 0 Å². The smallest absolute Gasteiger partial charge is 0.302 e. The van der Waals surface area contributed by atoms with Crippen LogP contribution in [0.15, 0.2) is 0 Å². The van der Waals surface area contributed by atoms with Gasteiger partial charge in [-0.1, -0.05) is 6.92 Å². The van der Waals surface area contributed by atoms with E-state index >= 15 is 0 Å². The molecule has 0 rings (SSSR count). The van der Waals surface area contributed by atoms with Crippen LogP contribution in [0.4, 0.5) is 0 Å². The number of ether oxygens (including phenoxy) is 1. The van der Waals surface area contributed by atoms with Crippen LogP contribution in [0.1, 0.15) is 27.2 Å². The molecule has 0 saturated carbocycles. The van der Waals surface area contributed by atoms with Crippen molar-refractivity contribution in [1.82, 2.24) is 5.32 Å². The zero-order chi connectivity index (χ0) is 11.9. The minimum absolute atomic E-state index is 0.193. The van der Waals surface area contributed by atoms with Crippen molar-refractivity contribution in [3.05, 3.63) is 0 Å². The van der Waals surface area contributed by atoms with Crippen LogP contribution in [-0.2, 0) is 14.3 Å². The molecular formula is C10H16N2O3. The third kappa shape index (κ3) is 3.58. The molecule has 0 saturated heterocycles. The quantitative estimate of drug-likeness (QED) is 0.677. The number of amides is 1. The van der Waals surface area contributed by atoms with Crippen LogP contribution >= 0.6 is 0 Å². The molecule has 1 N–H and O–H groups in total. The number of hydrogen-bond donors (Lipinski definition) is 1. The van der Waals surface area contributed by atoms with Gasteiger partial charge in [0.25, 0.3) is 0 Å². The molecule has 5 nitrogen and oxygen atoms in total. The lowest BCUT2D eigenvalue weighted by Crippen LogP contribution is -2.43. The van der Waals surface area contributed by atoms with E-state index in [0.717, 1.165) is 0 Å². The predicted octanol–water partition coefficient (Wildman–Crippen LogP) is 0.606. The summed E-state index contributed by atoms with van der Waals surface area (Å²) in [6, 6.07) is 1.92. The van der Waals surface area contributed by atoms with Gasteiger partial charge in [0.1, 0.15) is 6.61 Å². The van der Waals surface area contributed by atoms with E-state index in [1.807, 2.05) is 6.07 Å². The van der Waals surface area contributed by atoms with Gasteiger partial charge in [0, 0.05) is 13.5 Å². The van der Waals surface area contributed by atoms with E-state index in [1.165, 1.54) is 6.92 Å². The van der Waals surface area contributed by atoms with Crippen molar-refractivity contribution in [2.45, 2.75) is 27.2 Å². The van der Waals surface area contributed by atoms with Gasteiger partial charge in [-0.2, -0.15) is 5.26 Å². The molecule has 0 radical (unpaired) electrons. The zero-order valence-corrected chi connectivity index (χ0v) is 9.29. The largest absolute Gasteiger partial charge is 0.464 e. The van der Waals surface area contributed by atoms with Gasteiger partial charge < -0.3 is 10.1 Å². The first-order valence-corrected chi connectivity index (χ1v) is 4.85. The van der Waals surface area contributed by atoms with E-state index in [2.05, 4.69) is 5.32 Å². The Morgan fingerprint density at radius 3 is 2.40 bits per heavy atom. The number of esters is 1. The summed E-state index contributed by atoms with van der Waals surface area (Å²) in [4.78, 5) is 22.3. The van der Waals surface area contributed by atoms with Crippen molar-refractivity contribution in [3.8, 4) is 6.07 Å². The number of carbonyl (C=O) groups is 2. The fraction of sp³-hybridized carbons (Fsp3) is 0.700. The number of nitriles is 1. The molecule has 0 aromatic heterocycles. The van der Waals surface area contributed by atoms with Crippen LogP contribution < -0.4 is 5.32 Å². The van der Waals surface area contributed by atoms with Crippen molar-refractivity contribution in [2.75, 3.05) is 13.2 Å². The molecule has 0 spiro atoms. The molecule has 5 heteroatoms. The van der Waals surface area contributed by atoms with E-state index in [9.17, 15) is 9.59 Å². The molecular weight excluding hydrogens is 196 g/mol. The predicted molar refractivity (Wildman–Crippen MR) is 53.7 cm³/mol. The molecule has 0 heterocycles. The van der Waals surface area contributed by atoms with E-state index < -0.39 is 17.3 Å². The summed E-state index contributed by atoms with van der Waals surface area (Å²) in [5.74, 6) is -0.886. The lowest BCUT2D eigenvalue weighted by atomic mass is 9.86. The Morgan fingerprint density at radius 2 is 2.07 bits per heavy atom. The molecule has 15 heavy (non-hydrogen) atoms. The molecule has 0 aromatic rings. The van der Waals surface area contributed by atoms with Crippen LogP contribution in [0.2, 0.25) is 0 Å². The second-order valence-corrected chi connectivity index (χ2v) is 3.19. The minimum Gasteiger partial charge on any atom is -0.464 e. The van der Waals surface area contributed by atoms with Crippen molar-refractivity contribution < 1.29 is 14.3 Å². The molecule has 1 atom stereocenters. The molecule has 0 aliphatic rings. The zero-order valence-electron chi connectivity index (χ0n) is 9.29. The lowest BCUT2D eigenvalue weighted by molar-refractivity contribution is -0.146. The first kappa shape index (κ1) is 13.4. The van der Waals surface area contributed by atoms with Crippen LogP contribution in [-0.4, -0.2) is 25.0 Å². The highest BCUT2D eigenvalue weighted by molar-refractivity contribution is 5.85. The van der Waals surface area contributed by atoms with Crippen LogP contribution in [0.25, 0.3) is 0 Å². The van der Waals surface area contributed by atoms with Gasteiger partial charge in [0.15, 0.2) is 5.41 Å². The van der Waals surface area contributed by atoms with Crippen LogP contribution in [0, 0.1) is 16.7 Å². The molecule has 1 amide bonds. The van der Waals surface area contributed by atoms with Gasteiger partial charge in [0.05, 0.1) is 6.07 Å². The first-order valence-electron chi connectivity index (χ1n) is 4.85. The summed E-state index contributed by atoms with van der Waals surface area (Å²) in [6.45, 7) is 4.97. The highest BCUT2D eigenvalue weighted by Gasteiger charge is 2.38. The first-order chi connectivity index (χ1) is 7.02. The van der Waals surface area contributed by atoms with Crippen LogP contribution in [0.3, 0.4) is 0 Å². The maximum atomic E-state index is 11.6. The Balaban J connectivity index is 4.65. The minimum atomic E-state index is -1.26. The van der Waals surface area contributed by atoms with Gasteiger partial charge >= 0.3 is 5.97 Å². The average molecular weight is 212 g/mol. The third-order valence-corrected chi connectivity index (χ3v) is 2.11. The van der Waals surface area contributed by atoms with Crippen molar-refractivity contribution in [1.29, 1.82) is 5.26 Å². The molecule has 0 aromatic carbocycles. The van der Waals surface area contributed by atoms with Crippen molar-refractivity contribution in [2.24, 2.45) is 5.41 Å². The average Bonchev–Trinajstić information content (AvgIpc) is 2.20. The van der Waals surface area contributed by atoms with E-state index in [0.29, 0.717) is 13.0 Å². The highest BCUT2D eigenvalue weighted by Crippen LogP contribution is 2.21. The second kappa shape index (κ2) is 6.02. The fourth-order valence-electron chi connectivity index (χ4n) is 1.04. The Hall–Kier alpha value is -1.57. The van der Waals surface area contributed by atoms with Gasteiger partial charge in [-0.3, -0.25) is 9.59 Å². The summed E-state index contributed by atoms with van der Waals surface area (Å²) < 4.78 is 4.73. The summed E-state index contributed by atoms with van der Waals surface area (Å²) >= 11 is 0. The Morgan fingerprint density at radius 1 is 1.47 bits per heavy atom. The van der Waals surface area contributed by atoms with Gasteiger partial charge in [-0.25, -0.2) is 0 Å². The van der Waals surface area contributed by atoms with E-state index in [1.54, 1.807) is 13.8 Å². The number of nitrogens with zero attached hydrogens (tertiary/aromatic N) is 1. The molecule has 0 fully saturated rings. The summed E-state index contributed by atoms with van der Waals surface area (Å²) in [7, 11) is 0. The summed E-state index contributed by atoms with van der Waals surface area (Å²) in [5, 5.41) is 11.5. The normalized spacial score (nSPS) is 13.5. The number of carbonyl (C=O) groups excluding carboxylic acids is 2. The number of hydrogen-bond acceptors (Lipinski definition) is 4. The number of nitrogens with one attached hydrogen (secondary N) is 1. The van der Waals surface area contributed by atoms with Crippen molar-refractivity contribution in [3.63, 3.8) is 0 Å². The topological polar surface area (TPSA) is 79.2 Å². The number of rotatable bonds is 5. The third-order valence-electron chi connectivity index (χ3n) is 2.11. The maximum Gasteiger partial charge on any atom is 0.302 e. The monoisotopic (exact) mass is 212 g/mol.